The number of ether oxygens (including phenoxy) is 1. The maximum atomic E-state index is 11.4. The Morgan fingerprint density at radius 1 is 1.44 bits per heavy atom. The van der Waals surface area contributed by atoms with E-state index in [1.54, 1.807) is 0 Å². The van der Waals surface area contributed by atoms with Crippen LogP contribution in [0, 0.1) is 6.92 Å². The van der Waals surface area contributed by atoms with Crippen molar-refractivity contribution in [3.63, 3.8) is 0 Å². The highest BCUT2D eigenvalue weighted by Gasteiger charge is 2.13. The van der Waals surface area contributed by atoms with E-state index in [-0.39, 0.29) is 5.97 Å². The van der Waals surface area contributed by atoms with Gasteiger partial charge in [-0.3, -0.25) is 4.90 Å². The summed E-state index contributed by atoms with van der Waals surface area (Å²) in [6.07, 6.45) is 0. The minimum absolute atomic E-state index is 0.237. The third kappa shape index (κ3) is 3.06. The van der Waals surface area contributed by atoms with E-state index >= 15 is 0 Å². The minimum Gasteiger partial charge on any atom is -0.465 e. The van der Waals surface area contributed by atoms with Gasteiger partial charge in [0.25, 0.3) is 0 Å². The zero-order valence-electron chi connectivity index (χ0n) is 10.4. The van der Waals surface area contributed by atoms with E-state index in [2.05, 4.69) is 18.7 Å². The van der Waals surface area contributed by atoms with Gasteiger partial charge in [-0.05, 0) is 31.6 Å². The van der Waals surface area contributed by atoms with Crippen LogP contribution in [0.2, 0.25) is 0 Å². The van der Waals surface area contributed by atoms with Gasteiger partial charge in [-0.25, -0.2) is 4.79 Å². The monoisotopic (exact) mass is 241 g/mol. The number of nitrogens with zero attached hydrogens (tertiary/aromatic N) is 1. The molecule has 16 heavy (non-hydrogen) atoms. The van der Waals surface area contributed by atoms with Crippen molar-refractivity contribution in [2.75, 3.05) is 20.2 Å². The van der Waals surface area contributed by atoms with E-state index in [9.17, 15) is 4.79 Å². The summed E-state index contributed by atoms with van der Waals surface area (Å²) in [5, 5.41) is 0. The van der Waals surface area contributed by atoms with Crippen LogP contribution in [0.5, 0.6) is 0 Å². The second-order valence-corrected chi connectivity index (χ2v) is 4.81. The van der Waals surface area contributed by atoms with Crippen molar-refractivity contribution >= 4 is 17.3 Å². The van der Waals surface area contributed by atoms with Crippen LogP contribution in [0.25, 0.3) is 0 Å². The highest BCUT2D eigenvalue weighted by Crippen LogP contribution is 2.23. The first-order valence-corrected chi connectivity index (χ1v) is 6.34. The van der Waals surface area contributed by atoms with Crippen LogP contribution in [0.4, 0.5) is 0 Å². The molecule has 0 saturated heterocycles. The number of rotatable bonds is 5. The quantitative estimate of drug-likeness (QED) is 0.742. The Labute approximate surface area is 101 Å². The molecule has 3 nitrogen and oxygen atoms in total. The van der Waals surface area contributed by atoms with E-state index in [0.717, 1.165) is 19.6 Å². The molecule has 0 saturated carbocycles. The average Bonchev–Trinajstić information content (AvgIpc) is 2.66. The Morgan fingerprint density at radius 2 is 2.06 bits per heavy atom. The molecule has 0 bridgehead atoms. The molecule has 0 fully saturated rings. The number of hydrogen-bond acceptors (Lipinski definition) is 4. The first kappa shape index (κ1) is 13.2. The van der Waals surface area contributed by atoms with Crippen molar-refractivity contribution in [2.24, 2.45) is 0 Å². The van der Waals surface area contributed by atoms with E-state index in [4.69, 9.17) is 4.74 Å². The molecule has 0 radical (unpaired) electrons. The lowest BCUT2D eigenvalue weighted by Gasteiger charge is -2.17. The molecule has 0 atom stereocenters. The van der Waals surface area contributed by atoms with E-state index in [0.29, 0.717) is 4.88 Å². The first-order chi connectivity index (χ1) is 7.62. The maximum absolute atomic E-state index is 11.4. The van der Waals surface area contributed by atoms with Crippen molar-refractivity contribution in [2.45, 2.75) is 27.3 Å². The molecule has 0 spiro atoms. The van der Waals surface area contributed by atoms with Gasteiger partial charge >= 0.3 is 5.97 Å². The summed E-state index contributed by atoms with van der Waals surface area (Å²) in [6, 6.07) is 1.91. The summed E-state index contributed by atoms with van der Waals surface area (Å²) in [7, 11) is 1.42. The summed E-state index contributed by atoms with van der Waals surface area (Å²) < 4.78 is 4.72. The number of thiophene rings is 1. The molecule has 0 N–H and O–H groups in total. The van der Waals surface area contributed by atoms with Crippen molar-refractivity contribution < 1.29 is 9.53 Å². The third-order valence-corrected chi connectivity index (χ3v) is 3.87. The lowest BCUT2D eigenvalue weighted by atomic mass is 10.2. The fraction of sp³-hybridized carbons (Fsp3) is 0.583. The van der Waals surface area contributed by atoms with Crippen molar-refractivity contribution in [1.29, 1.82) is 0 Å². The molecule has 1 rings (SSSR count). The molecular formula is C12H19NO2S. The highest BCUT2D eigenvalue weighted by molar-refractivity contribution is 7.14. The lowest BCUT2D eigenvalue weighted by molar-refractivity contribution is 0.0606. The molecule has 0 aromatic carbocycles. The standard InChI is InChI=1S/C12H19NO2S/c1-5-13(6-2)8-11-9(3)7-10(16-11)12(14)15-4/h7H,5-6,8H2,1-4H3. The van der Waals surface area contributed by atoms with Crippen LogP contribution < -0.4 is 0 Å². The van der Waals surface area contributed by atoms with Crippen LogP contribution in [0.1, 0.15) is 34.0 Å². The fourth-order valence-corrected chi connectivity index (χ4v) is 2.66. The first-order valence-electron chi connectivity index (χ1n) is 5.52. The number of carbonyl (C=O) groups excluding carboxylic acids is 1. The Bertz CT molecular complexity index is 356. The molecule has 4 heteroatoms. The Kier molecular flexibility index (Phi) is 4.96. The third-order valence-electron chi connectivity index (χ3n) is 2.67. The molecule has 0 aliphatic carbocycles. The van der Waals surface area contributed by atoms with Gasteiger partial charge in [0.15, 0.2) is 0 Å². The van der Waals surface area contributed by atoms with Crippen LogP contribution in [0.15, 0.2) is 6.07 Å². The Hall–Kier alpha value is -0.870. The van der Waals surface area contributed by atoms with Crippen LogP contribution in [-0.2, 0) is 11.3 Å². The van der Waals surface area contributed by atoms with Crippen LogP contribution >= 0.6 is 11.3 Å². The van der Waals surface area contributed by atoms with E-state index in [1.165, 1.54) is 28.9 Å². The van der Waals surface area contributed by atoms with Gasteiger partial charge in [0.2, 0.25) is 0 Å². The predicted octanol–water partition coefficient (Wildman–Crippen LogP) is 2.68. The van der Waals surface area contributed by atoms with Crippen LogP contribution in [0.3, 0.4) is 0 Å². The van der Waals surface area contributed by atoms with Gasteiger partial charge in [-0.15, -0.1) is 11.3 Å². The van der Waals surface area contributed by atoms with Crippen molar-refractivity contribution in [3.05, 3.63) is 21.4 Å². The van der Waals surface area contributed by atoms with Crippen molar-refractivity contribution in [3.8, 4) is 0 Å². The summed E-state index contributed by atoms with van der Waals surface area (Å²) in [5.41, 5.74) is 1.18. The Balaban J connectivity index is 2.81. The smallest absolute Gasteiger partial charge is 0.348 e. The summed E-state index contributed by atoms with van der Waals surface area (Å²) in [6.45, 7) is 9.31. The average molecular weight is 241 g/mol. The zero-order chi connectivity index (χ0) is 12.1. The van der Waals surface area contributed by atoms with Crippen molar-refractivity contribution in [1.82, 2.24) is 4.90 Å². The van der Waals surface area contributed by atoms with Gasteiger partial charge < -0.3 is 4.74 Å². The lowest BCUT2D eigenvalue weighted by Crippen LogP contribution is -2.21. The fourth-order valence-electron chi connectivity index (χ4n) is 1.53. The number of hydrogen-bond donors (Lipinski definition) is 0. The molecular weight excluding hydrogens is 222 g/mol. The molecule has 0 aliphatic rings. The van der Waals surface area contributed by atoms with Gasteiger partial charge in [0.1, 0.15) is 4.88 Å². The molecule has 90 valence electrons. The molecule has 1 heterocycles. The largest absolute Gasteiger partial charge is 0.465 e. The van der Waals surface area contributed by atoms with Crippen LogP contribution in [-0.4, -0.2) is 31.1 Å². The number of methoxy groups -OCH3 is 1. The van der Waals surface area contributed by atoms with E-state index in [1.807, 2.05) is 13.0 Å². The van der Waals surface area contributed by atoms with Gasteiger partial charge in [0.05, 0.1) is 7.11 Å². The van der Waals surface area contributed by atoms with Gasteiger partial charge in [0, 0.05) is 11.4 Å². The second kappa shape index (κ2) is 6.01. The summed E-state index contributed by atoms with van der Waals surface area (Å²) in [5.74, 6) is -0.237. The number of carbonyl (C=O) groups is 1. The Morgan fingerprint density at radius 3 is 2.56 bits per heavy atom. The number of aryl methyl sites for hydroxylation is 1. The highest BCUT2D eigenvalue weighted by atomic mass is 32.1. The predicted molar refractivity (Wildman–Crippen MR) is 67.0 cm³/mol. The SMILES string of the molecule is CCN(CC)Cc1sc(C(=O)OC)cc1C. The molecule has 1 aromatic rings. The molecule has 0 unspecified atom stereocenters. The topological polar surface area (TPSA) is 29.5 Å². The normalized spacial score (nSPS) is 10.8. The minimum atomic E-state index is -0.237. The summed E-state index contributed by atoms with van der Waals surface area (Å²) in [4.78, 5) is 15.7. The van der Waals surface area contributed by atoms with Gasteiger partial charge in [-0.1, -0.05) is 13.8 Å². The van der Waals surface area contributed by atoms with E-state index < -0.39 is 0 Å². The zero-order valence-corrected chi connectivity index (χ0v) is 11.2. The summed E-state index contributed by atoms with van der Waals surface area (Å²) >= 11 is 1.54. The maximum Gasteiger partial charge on any atom is 0.348 e. The second-order valence-electron chi connectivity index (χ2n) is 3.67. The molecule has 0 amide bonds. The van der Waals surface area contributed by atoms with Gasteiger partial charge in [-0.2, -0.15) is 0 Å². The number of esters is 1. The molecule has 0 aliphatic heterocycles. The molecule has 1 aromatic heterocycles.